The number of hydrogen-bond donors (Lipinski definition) is 0. The summed E-state index contributed by atoms with van der Waals surface area (Å²) in [6, 6.07) is 20.4. The summed E-state index contributed by atoms with van der Waals surface area (Å²) < 4.78 is 1.83. The molecule has 0 spiro atoms. The third kappa shape index (κ3) is 2.75. The summed E-state index contributed by atoms with van der Waals surface area (Å²) in [5, 5.41) is 5.25. The molecule has 1 aromatic heterocycles. The van der Waals surface area contributed by atoms with Gasteiger partial charge in [0.25, 0.3) is 0 Å². The maximum Gasteiger partial charge on any atom is 0.128 e. The largest absolute Gasteiger partial charge is 0.249 e. The summed E-state index contributed by atoms with van der Waals surface area (Å²) in [6.45, 7) is 2.77. The van der Waals surface area contributed by atoms with Gasteiger partial charge in [0.05, 0.1) is 12.2 Å². The number of aromatic nitrogens is 2. The highest BCUT2D eigenvalue weighted by Gasteiger charge is 2.08. The lowest BCUT2D eigenvalue weighted by atomic mass is 10.1. The Bertz CT molecular complexity index is 717. The summed E-state index contributed by atoms with van der Waals surface area (Å²) in [4.78, 5) is 0. The Morgan fingerprint density at radius 1 is 1.00 bits per heavy atom. The number of rotatable bonds is 3. The van der Waals surface area contributed by atoms with E-state index in [9.17, 15) is 0 Å². The zero-order chi connectivity index (χ0) is 13.9. The van der Waals surface area contributed by atoms with Gasteiger partial charge in [-0.3, -0.25) is 0 Å². The van der Waals surface area contributed by atoms with Crippen LogP contribution in [0.25, 0.3) is 11.3 Å². The summed E-state index contributed by atoms with van der Waals surface area (Å²) in [5.41, 5.74) is 4.43. The minimum absolute atomic E-state index is 0.658. The first-order valence-corrected chi connectivity index (χ1v) is 6.94. The molecule has 3 heteroatoms. The lowest BCUT2D eigenvalue weighted by molar-refractivity contribution is 0.690. The Hall–Kier alpha value is -2.06. The zero-order valence-electron chi connectivity index (χ0n) is 11.3. The normalized spacial score (nSPS) is 10.7. The third-order valence-corrected chi connectivity index (χ3v) is 3.52. The van der Waals surface area contributed by atoms with Crippen LogP contribution in [-0.2, 0) is 6.54 Å². The SMILES string of the molecule is Cc1cccc(Cn2nc(-c3ccccc3)cc2Cl)c1. The van der Waals surface area contributed by atoms with E-state index in [0.29, 0.717) is 11.7 Å². The molecule has 0 amide bonds. The van der Waals surface area contributed by atoms with Gasteiger partial charge in [-0.15, -0.1) is 0 Å². The van der Waals surface area contributed by atoms with Gasteiger partial charge in [-0.1, -0.05) is 71.8 Å². The molecule has 0 aliphatic rings. The fourth-order valence-electron chi connectivity index (χ4n) is 2.24. The maximum absolute atomic E-state index is 6.28. The van der Waals surface area contributed by atoms with E-state index >= 15 is 0 Å². The average Bonchev–Trinajstić information content (AvgIpc) is 2.81. The number of hydrogen-bond acceptors (Lipinski definition) is 1. The molecule has 0 saturated carbocycles. The van der Waals surface area contributed by atoms with Crippen molar-refractivity contribution in [2.45, 2.75) is 13.5 Å². The van der Waals surface area contributed by atoms with Gasteiger partial charge in [-0.05, 0) is 12.5 Å². The van der Waals surface area contributed by atoms with Crippen LogP contribution in [0, 0.1) is 6.92 Å². The monoisotopic (exact) mass is 282 g/mol. The van der Waals surface area contributed by atoms with Gasteiger partial charge in [0.2, 0.25) is 0 Å². The van der Waals surface area contributed by atoms with Crippen LogP contribution in [-0.4, -0.2) is 9.78 Å². The first-order valence-electron chi connectivity index (χ1n) is 6.57. The number of benzene rings is 2. The highest BCUT2D eigenvalue weighted by atomic mass is 35.5. The van der Waals surface area contributed by atoms with E-state index in [4.69, 9.17) is 11.6 Å². The van der Waals surface area contributed by atoms with E-state index in [0.717, 1.165) is 11.3 Å². The highest BCUT2D eigenvalue weighted by molar-refractivity contribution is 6.29. The fraction of sp³-hybridized carbons (Fsp3) is 0.118. The van der Waals surface area contributed by atoms with Crippen molar-refractivity contribution < 1.29 is 0 Å². The smallest absolute Gasteiger partial charge is 0.128 e. The summed E-state index contributed by atoms with van der Waals surface area (Å²) in [5.74, 6) is 0. The van der Waals surface area contributed by atoms with Crippen molar-refractivity contribution in [2.75, 3.05) is 0 Å². The Morgan fingerprint density at radius 3 is 2.55 bits per heavy atom. The number of aryl methyl sites for hydroxylation is 1. The Labute approximate surface area is 123 Å². The molecule has 2 nitrogen and oxygen atoms in total. The van der Waals surface area contributed by atoms with E-state index in [1.807, 2.05) is 41.1 Å². The van der Waals surface area contributed by atoms with E-state index in [1.54, 1.807) is 0 Å². The van der Waals surface area contributed by atoms with Crippen LogP contribution in [0.5, 0.6) is 0 Å². The predicted octanol–water partition coefficient (Wildman–Crippen LogP) is 4.56. The van der Waals surface area contributed by atoms with Crippen LogP contribution in [0.4, 0.5) is 0 Å². The number of halogens is 1. The number of nitrogens with zero attached hydrogens (tertiary/aromatic N) is 2. The lowest BCUT2D eigenvalue weighted by Gasteiger charge is -2.04. The van der Waals surface area contributed by atoms with Crippen LogP contribution < -0.4 is 0 Å². The molecule has 0 atom stereocenters. The Kier molecular flexibility index (Phi) is 3.57. The Morgan fingerprint density at radius 2 is 1.80 bits per heavy atom. The molecule has 0 bridgehead atoms. The molecule has 3 rings (SSSR count). The van der Waals surface area contributed by atoms with Gasteiger partial charge in [-0.25, -0.2) is 4.68 Å². The molecular weight excluding hydrogens is 268 g/mol. The molecule has 3 aromatic rings. The van der Waals surface area contributed by atoms with E-state index in [-0.39, 0.29) is 0 Å². The quantitative estimate of drug-likeness (QED) is 0.688. The first kappa shape index (κ1) is 12.9. The van der Waals surface area contributed by atoms with Gasteiger partial charge >= 0.3 is 0 Å². The second kappa shape index (κ2) is 5.51. The molecule has 20 heavy (non-hydrogen) atoms. The van der Waals surface area contributed by atoms with Crippen LogP contribution in [0.3, 0.4) is 0 Å². The molecule has 2 aromatic carbocycles. The topological polar surface area (TPSA) is 17.8 Å². The van der Waals surface area contributed by atoms with Crippen molar-refractivity contribution in [1.29, 1.82) is 0 Å². The van der Waals surface area contributed by atoms with Crippen molar-refractivity contribution in [3.05, 3.63) is 76.9 Å². The van der Waals surface area contributed by atoms with Gasteiger partial charge in [0, 0.05) is 11.6 Å². The van der Waals surface area contributed by atoms with Gasteiger partial charge in [0.15, 0.2) is 0 Å². The van der Waals surface area contributed by atoms with Crippen molar-refractivity contribution in [3.8, 4) is 11.3 Å². The Balaban J connectivity index is 1.90. The van der Waals surface area contributed by atoms with E-state index < -0.39 is 0 Å². The van der Waals surface area contributed by atoms with Crippen LogP contribution in [0.1, 0.15) is 11.1 Å². The van der Waals surface area contributed by atoms with E-state index in [1.165, 1.54) is 11.1 Å². The summed E-state index contributed by atoms with van der Waals surface area (Å²) in [7, 11) is 0. The minimum Gasteiger partial charge on any atom is -0.249 e. The van der Waals surface area contributed by atoms with Gasteiger partial charge in [-0.2, -0.15) is 5.10 Å². The lowest BCUT2D eigenvalue weighted by Crippen LogP contribution is -2.02. The molecular formula is C17H15ClN2. The van der Waals surface area contributed by atoms with Gasteiger partial charge < -0.3 is 0 Å². The molecule has 0 unspecified atom stereocenters. The van der Waals surface area contributed by atoms with E-state index in [2.05, 4.69) is 36.3 Å². The molecule has 100 valence electrons. The maximum atomic E-state index is 6.28. The van der Waals surface area contributed by atoms with Crippen LogP contribution in [0.2, 0.25) is 5.15 Å². The first-order chi connectivity index (χ1) is 9.72. The second-order valence-corrected chi connectivity index (χ2v) is 5.25. The standard InChI is InChI=1S/C17H15ClN2/c1-13-6-5-7-14(10-13)12-20-17(18)11-16(19-20)15-8-3-2-4-9-15/h2-11H,12H2,1H3. The molecule has 0 fully saturated rings. The molecule has 0 aliphatic heterocycles. The molecule has 0 N–H and O–H groups in total. The summed E-state index contributed by atoms with van der Waals surface area (Å²) >= 11 is 6.28. The average molecular weight is 283 g/mol. The van der Waals surface area contributed by atoms with Gasteiger partial charge in [0.1, 0.15) is 5.15 Å². The second-order valence-electron chi connectivity index (χ2n) is 4.87. The van der Waals surface area contributed by atoms with Crippen molar-refractivity contribution in [3.63, 3.8) is 0 Å². The molecule has 0 saturated heterocycles. The van der Waals surface area contributed by atoms with Crippen molar-refractivity contribution >= 4 is 11.6 Å². The third-order valence-electron chi connectivity index (χ3n) is 3.22. The minimum atomic E-state index is 0.658. The highest BCUT2D eigenvalue weighted by Crippen LogP contribution is 2.22. The zero-order valence-corrected chi connectivity index (χ0v) is 12.0. The molecule has 0 aliphatic carbocycles. The fourth-order valence-corrected chi connectivity index (χ4v) is 2.44. The molecule has 0 radical (unpaired) electrons. The predicted molar refractivity (Wildman–Crippen MR) is 83.0 cm³/mol. The summed E-state index contributed by atoms with van der Waals surface area (Å²) in [6.07, 6.45) is 0. The van der Waals surface area contributed by atoms with Crippen LogP contribution in [0.15, 0.2) is 60.7 Å². The molecule has 1 heterocycles. The van der Waals surface area contributed by atoms with Crippen LogP contribution >= 0.6 is 11.6 Å². The van der Waals surface area contributed by atoms with Crippen molar-refractivity contribution in [2.24, 2.45) is 0 Å². The van der Waals surface area contributed by atoms with Crippen molar-refractivity contribution in [1.82, 2.24) is 9.78 Å².